The molecule has 1 aliphatic rings. The van der Waals surface area contributed by atoms with Crippen LogP contribution in [0.5, 0.6) is 0 Å². The minimum absolute atomic E-state index is 0.329. The summed E-state index contributed by atoms with van der Waals surface area (Å²) in [5.74, 6) is -0.906. The summed E-state index contributed by atoms with van der Waals surface area (Å²) in [7, 11) is 1.27. The van der Waals surface area contributed by atoms with Crippen LogP contribution in [0.15, 0.2) is 48.5 Å². The van der Waals surface area contributed by atoms with Crippen molar-refractivity contribution in [2.75, 3.05) is 17.7 Å². The number of fused-ring (bicyclic) bond motifs is 1. The minimum Gasteiger partial charge on any atom is -0.453 e. The summed E-state index contributed by atoms with van der Waals surface area (Å²) in [5, 5.41) is 5.21. The van der Waals surface area contributed by atoms with Gasteiger partial charge in [0.15, 0.2) is 6.10 Å². The fraction of sp³-hybridized carbons (Fsp3) is 0.167. The van der Waals surface area contributed by atoms with E-state index in [4.69, 9.17) is 4.74 Å². The smallest absolute Gasteiger partial charge is 0.411 e. The lowest BCUT2D eigenvalue weighted by atomic mass is 9.98. The number of nitrogens with one attached hydrogen (secondary N) is 2. The number of carbonyl (C=O) groups excluding carboxylic acids is 3. The molecule has 0 aromatic heterocycles. The van der Waals surface area contributed by atoms with Gasteiger partial charge in [0.1, 0.15) is 0 Å². The molecule has 2 N–H and O–H groups in total. The lowest BCUT2D eigenvalue weighted by Crippen LogP contribution is -2.37. The third-order valence-electron chi connectivity index (χ3n) is 3.77. The molecule has 0 unspecified atom stereocenters. The van der Waals surface area contributed by atoms with Crippen LogP contribution in [0.25, 0.3) is 0 Å². The molecule has 0 bridgehead atoms. The monoisotopic (exact) mass is 340 g/mol. The first kappa shape index (κ1) is 16.5. The van der Waals surface area contributed by atoms with Gasteiger partial charge in [-0.1, -0.05) is 18.2 Å². The summed E-state index contributed by atoms with van der Waals surface area (Å²) in [4.78, 5) is 35.5. The number of rotatable bonds is 3. The van der Waals surface area contributed by atoms with Crippen LogP contribution in [0.1, 0.15) is 15.9 Å². The summed E-state index contributed by atoms with van der Waals surface area (Å²) in [6.07, 6.45) is -1.13. The maximum atomic E-state index is 12.4. The van der Waals surface area contributed by atoms with Crippen molar-refractivity contribution in [2.45, 2.75) is 12.5 Å². The van der Waals surface area contributed by atoms with E-state index in [0.29, 0.717) is 23.4 Å². The van der Waals surface area contributed by atoms with E-state index in [9.17, 15) is 14.4 Å². The standard InChI is InChI=1S/C18H16N2O5/c1-24-18(23)20-13-8-6-12(7-9-13)19-16(21)15-10-11-4-2-3-5-14(11)17(22)25-15/h2-9,15H,10H2,1H3,(H,19,21)(H,20,23)/t15-/m1/s1. The highest BCUT2D eigenvalue weighted by molar-refractivity contribution is 6.00. The third kappa shape index (κ3) is 3.77. The van der Waals surface area contributed by atoms with Crippen molar-refractivity contribution in [1.29, 1.82) is 0 Å². The van der Waals surface area contributed by atoms with Gasteiger partial charge in [-0.3, -0.25) is 10.1 Å². The lowest BCUT2D eigenvalue weighted by Gasteiger charge is -2.23. The number of carbonyl (C=O) groups is 3. The first-order chi connectivity index (χ1) is 12.1. The van der Waals surface area contributed by atoms with Gasteiger partial charge < -0.3 is 14.8 Å². The van der Waals surface area contributed by atoms with Gasteiger partial charge in [-0.2, -0.15) is 0 Å². The quantitative estimate of drug-likeness (QED) is 0.838. The number of ether oxygens (including phenoxy) is 2. The summed E-state index contributed by atoms with van der Waals surface area (Å²) in [6.45, 7) is 0. The Morgan fingerprint density at radius 3 is 2.36 bits per heavy atom. The van der Waals surface area contributed by atoms with Gasteiger partial charge in [-0.15, -0.1) is 0 Å². The number of hydrogen-bond acceptors (Lipinski definition) is 5. The van der Waals surface area contributed by atoms with E-state index in [-0.39, 0.29) is 0 Å². The molecule has 0 saturated carbocycles. The summed E-state index contributed by atoms with van der Waals surface area (Å²) < 4.78 is 9.71. The van der Waals surface area contributed by atoms with Gasteiger partial charge in [0.25, 0.3) is 5.91 Å². The molecule has 2 aromatic carbocycles. The van der Waals surface area contributed by atoms with Gasteiger partial charge in [0, 0.05) is 17.8 Å². The zero-order valence-corrected chi connectivity index (χ0v) is 13.4. The number of benzene rings is 2. The number of amides is 2. The summed E-state index contributed by atoms with van der Waals surface area (Å²) in [6, 6.07) is 13.6. The van der Waals surface area contributed by atoms with E-state index in [1.165, 1.54) is 7.11 Å². The van der Waals surface area contributed by atoms with Crippen molar-refractivity contribution in [1.82, 2.24) is 0 Å². The Morgan fingerprint density at radius 1 is 1.04 bits per heavy atom. The molecule has 1 atom stereocenters. The van der Waals surface area contributed by atoms with Gasteiger partial charge >= 0.3 is 12.1 Å². The van der Waals surface area contributed by atoms with E-state index < -0.39 is 24.1 Å². The largest absolute Gasteiger partial charge is 0.453 e. The van der Waals surface area contributed by atoms with Crippen molar-refractivity contribution in [2.24, 2.45) is 0 Å². The van der Waals surface area contributed by atoms with E-state index in [0.717, 1.165) is 5.56 Å². The molecule has 0 aliphatic carbocycles. The Morgan fingerprint density at radius 2 is 1.68 bits per heavy atom. The molecule has 1 heterocycles. The average molecular weight is 340 g/mol. The van der Waals surface area contributed by atoms with Crippen LogP contribution in [0.2, 0.25) is 0 Å². The van der Waals surface area contributed by atoms with Crippen molar-refractivity contribution >= 4 is 29.3 Å². The van der Waals surface area contributed by atoms with Gasteiger partial charge in [-0.25, -0.2) is 9.59 Å². The van der Waals surface area contributed by atoms with Crippen LogP contribution in [0, 0.1) is 0 Å². The first-order valence-electron chi connectivity index (χ1n) is 7.61. The highest BCUT2D eigenvalue weighted by Crippen LogP contribution is 2.22. The van der Waals surface area contributed by atoms with E-state index >= 15 is 0 Å². The molecule has 2 aromatic rings. The number of anilines is 2. The molecule has 7 heteroatoms. The SMILES string of the molecule is COC(=O)Nc1ccc(NC(=O)[C@H]2Cc3ccccc3C(=O)O2)cc1. The predicted molar refractivity (Wildman–Crippen MR) is 90.4 cm³/mol. The van der Waals surface area contributed by atoms with Crippen molar-refractivity contribution in [3.8, 4) is 0 Å². The van der Waals surface area contributed by atoms with Crippen LogP contribution in [0.4, 0.5) is 16.2 Å². The topological polar surface area (TPSA) is 93.7 Å². The molecule has 7 nitrogen and oxygen atoms in total. The summed E-state index contributed by atoms with van der Waals surface area (Å²) in [5.41, 5.74) is 2.33. The number of cyclic esters (lactones) is 1. The molecule has 1 aliphatic heterocycles. The predicted octanol–water partition coefficient (Wildman–Crippen LogP) is 2.59. The number of methoxy groups -OCH3 is 1. The van der Waals surface area contributed by atoms with Crippen LogP contribution in [-0.2, 0) is 20.7 Å². The average Bonchev–Trinajstić information content (AvgIpc) is 2.63. The molecule has 0 radical (unpaired) electrons. The van der Waals surface area contributed by atoms with Crippen molar-refractivity contribution in [3.05, 3.63) is 59.7 Å². The Hall–Kier alpha value is -3.35. The van der Waals surface area contributed by atoms with Crippen molar-refractivity contribution in [3.63, 3.8) is 0 Å². The molecule has 2 amide bonds. The number of esters is 1. The Bertz CT molecular complexity index is 816. The van der Waals surface area contributed by atoms with Crippen molar-refractivity contribution < 1.29 is 23.9 Å². The Kier molecular flexibility index (Phi) is 4.65. The van der Waals surface area contributed by atoms with Gasteiger partial charge in [0.05, 0.1) is 12.7 Å². The molecular weight excluding hydrogens is 324 g/mol. The molecule has 0 spiro atoms. The van der Waals surface area contributed by atoms with Gasteiger partial charge in [0.2, 0.25) is 0 Å². The summed E-state index contributed by atoms with van der Waals surface area (Å²) >= 11 is 0. The lowest BCUT2D eigenvalue weighted by molar-refractivity contribution is -0.125. The van der Waals surface area contributed by atoms with Gasteiger partial charge in [-0.05, 0) is 35.9 Å². The normalized spacial score (nSPS) is 15.6. The van der Waals surface area contributed by atoms with E-state index in [2.05, 4.69) is 15.4 Å². The second-order valence-electron chi connectivity index (χ2n) is 5.44. The zero-order valence-electron chi connectivity index (χ0n) is 13.4. The second kappa shape index (κ2) is 7.04. The molecule has 3 rings (SSSR count). The molecular formula is C18H16N2O5. The maximum Gasteiger partial charge on any atom is 0.411 e. The second-order valence-corrected chi connectivity index (χ2v) is 5.44. The van der Waals surface area contributed by atoms with Crippen LogP contribution < -0.4 is 10.6 Å². The molecule has 25 heavy (non-hydrogen) atoms. The zero-order chi connectivity index (χ0) is 17.8. The Balaban J connectivity index is 1.65. The van der Waals surface area contributed by atoms with E-state index in [1.54, 1.807) is 36.4 Å². The van der Waals surface area contributed by atoms with Crippen LogP contribution in [0.3, 0.4) is 0 Å². The Labute approximate surface area is 143 Å². The van der Waals surface area contributed by atoms with Crippen LogP contribution in [-0.4, -0.2) is 31.2 Å². The van der Waals surface area contributed by atoms with E-state index in [1.807, 2.05) is 12.1 Å². The maximum absolute atomic E-state index is 12.4. The highest BCUT2D eigenvalue weighted by atomic mass is 16.5. The molecule has 0 saturated heterocycles. The minimum atomic E-state index is -0.879. The molecule has 128 valence electrons. The fourth-order valence-corrected chi connectivity index (χ4v) is 2.51. The first-order valence-corrected chi connectivity index (χ1v) is 7.61. The van der Waals surface area contributed by atoms with Crippen LogP contribution >= 0.6 is 0 Å². The number of hydrogen-bond donors (Lipinski definition) is 2. The molecule has 0 fully saturated rings. The third-order valence-corrected chi connectivity index (χ3v) is 3.77. The highest BCUT2D eigenvalue weighted by Gasteiger charge is 2.31. The fourth-order valence-electron chi connectivity index (χ4n) is 2.51.